The van der Waals surface area contributed by atoms with Gasteiger partial charge in [0.15, 0.2) is 0 Å². The van der Waals surface area contributed by atoms with Gasteiger partial charge in [0, 0.05) is 33.1 Å². The lowest BCUT2D eigenvalue weighted by Crippen LogP contribution is -2.38. The van der Waals surface area contributed by atoms with Crippen LogP contribution in [0.1, 0.15) is 11.6 Å². The van der Waals surface area contributed by atoms with Gasteiger partial charge < -0.3 is 4.74 Å². The van der Waals surface area contributed by atoms with E-state index in [2.05, 4.69) is 5.43 Å². The largest absolute Gasteiger partial charge is 0.496 e. The van der Waals surface area contributed by atoms with Crippen molar-refractivity contribution in [2.24, 2.45) is 5.84 Å². The Bertz CT molecular complexity index is 400. The smallest absolute Gasteiger partial charge is 0.123 e. The highest BCUT2D eigenvalue weighted by Gasteiger charge is 2.27. The van der Waals surface area contributed by atoms with E-state index in [1.807, 2.05) is 41.7 Å². The molecule has 0 aliphatic carbocycles. The van der Waals surface area contributed by atoms with Crippen molar-refractivity contribution in [2.45, 2.75) is 11.3 Å². The van der Waals surface area contributed by atoms with Gasteiger partial charge in [-0.3, -0.25) is 11.3 Å². The highest BCUT2D eigenvalue weighted by molar-refractivity contribution is 8.06. The first-order valence-electron chi connectivity index (χ1n) is 5.75. The van der Waals surface area contributed by atoms with E-state index in [0.717, 1.165) is 22.8 Å². The molecule has 18 heavy (non-hydrogen) atoms. The number of thioether (sulfide) groups is 2. The summed E-state index contributed by atoms with van der Waals surface area (Å²) in [5.74, 6) is 10.0. The van der Waals surface area contributed by atoms with Gasteiger partial charge in [0.05, 0.1) is 13.2 Å². The predicted molar refractivity (Wildman–Crippen MR) is 81.6 cm³/mol. The van der Waals surface area contributed by atoms with Crippen LogP contribution in [0.3, 0.4) is 0 Å². The fourth-order valence-corrected chi connectivity index (χ4v) is 5.07. The van der Waals surface area contributed by atoms with Crippen molar-refractivity contribution >= 4 is 35.1 Å². The van der Waals surface area contributed by atoms with Crippen LogP contribution in [0.5, 0.6) is 5.75 Å². The summed E-state index contributed by atoms with van der Waals surface area (Å²) in [6.07, 6.45) is 0. The van der Waals surface area contributed by atoms with E-state index in [-0.39, 0.29) is 6.04 Å². The topological polar surface area (TPSA) is 47.3 Å². The number of rotatable bonds is 4. The fourth-order valence-electron chi connectivity index (χ4n) is 2.04. The number of nitrogens with one attached hydrogen (secondary N) is 1. The van der Waals surface area contributed by atoms with Crippen LogP contribution in [0, 0.1) is 0 Å². The molecule has 1 aromatic rings. The zero-order valence-corrected chi connectivity index (χ0v) is 12.6. The van der Waals surface area contributed by atoms with Gasteiger partial charge in [0.1, 0.15) is 5.75 Å². The van der Waals surface area contributed by atoms with Crippen molar-refractivity contribution in [3.8, 4) is 5.75 Å². The second-order valence-corrected chi connectivity index (χ2v) is 6.95. The number of hydrazine groups is 1. The third-order valence-electron chi connectivity index (χ3n) is 2.92. The summed E-state index contributed by atoms with van der Waals surface area (Å²) < 4.78 is 5.40. The normalized spacial score (nSPS) is 21.6. The van der Waals surface area contributed by atoms with Crippen LogP contribution < -0.4 is 16.0 Å². The van der Waals surface area contributed by atoms with Crippen LogP contribution in [-0.2, 0) is 0 Å². The summed E-state index contributed by atoms with van der Waals surface area (Å²) in [6.45, 7) is 0. The molecule has 0 aromatic heterocycles. The van der Waals surface area contributed by atoms with E-state index in [0.29, 0.717) is 10.3 Å². The Balaban J connectivity index is 2.27. The van der Waals surface area contributed by atoms with Crippen LogP contribution in [0.25, 0.3) is 0 Å². The maximum atomic E-state index is 6.08. The van der Waals surface area contributed by atoms with Gasteiger partial charge in [-0.15, -0.1) is 0 Å². The Kier molecular flexibility index (Phi) is 5.51. The minimum Gasteiger partial charge on any atom is -0.496 e. The zero-order valence-electron chi connectivity index (χ0n) is 10.2. The Hall–Kier alpha value is -0.0700. The second-order valence-electron chi connectivity index (χ2n) is 4.01. The maximum Gasteiger partial charge on any atom is 0.123 e. The highest BCUT2D eigenvalue weighted by Crippen LogP contribution is 2.37. The molecule has 0 radical (unpaired) electrons. The molecule has 1 aliphatic rings. The predicted octanol–water partition coefficient (Wildman–Crippen LogP) is 2.70. The summed E-state index contributed by atoms with van der Waals surface area (Å²) in [4.78, 5) is 0. The van der Waals surface area contributed by atoms with Crippen molar-refractivity contribution in [1.29, 1.82) is 0 Å². The summed E-state index contributed by atoms with van der Waals surface area (Å²) >= 11 is 10.0. The molecule has 0 spiro atoms. The summed E-state index contributed by atoms with van der Waals surface area (Å²) in [7, 11) is 1.67. The number of halogens is 1. The molecule has 2 atom stereocenters. The number of benzene rings is 1. The summed E-state index contributed by atoms with van der Waals surface area (Å²) in [5, 5.41) is 1.15. The molecule has 0 saturated carbocycles. The van der Waals surface area contributed by atoms with Gasteiger partial charge in [-0.2, -0.15) is 23.5 Å². The molecule has 0 amide bonds. The van der Waals surface area contributed by atoms with Gasteiger partial charge in [-0.05, 0) is 18.2 Å². The average Bonchev–Trinajstić information content (AvgIpc) is 2.41. The van der Waals surface area contributed by atoms with E-state index in [1.54, 1.807) is 7.11 Å². The van der Waals surface area contributed by atoms with Gasteiger partial charge >= 0.3 is 0 Å². The molecular weight excluding hydrogens is 288 g/mol. The molecule has 1 saturated heterocycles. The van der Waals surface area contributed by atoms with Crippen LogP contribution >= 0.6 is 35.1 Å². The lowest BCUT2D eigenvalue weighted by molar-refractivity contribution is 0.399. The third-order valence-corrected chi connectivity index (χ3v) is 6.02. The molecule has 3 nitrogen and oxygen atoms in total. The van der Waals surface area contributed by atoms with Crippen molar-refractivity contribution in [3.05, 3.63) is 28.8 Å². The van der Waals surface area contributed by atoms with Gasteiger partial charge in [-0.1, -0.05) is 11.6 Å². The molecule has 100 valence electrons. The molecule has 1 aliphatic heterocycles. The molecule has 6 heteroatoms. The lowest BCUT2D eigenvalue weighted by atomic mass is 10.0. The molecule has 2 rings (SSSR count). The summed E-state index contributed by atoms with van der Waals surface area (Å²) in [5.41, 5.74) is 3.95. The molecular formula is C12H17ClN2OS2. The van der Waals surface area contributed by atoms with E-state index in [9.17, 15) is 0 Å². The third kappa shape index (κ3) is 3.27. The number of nitrogens with two attached hydrogens (primary N) is 1. The standard InChI is InChI=1S/C12H17ClN2OS2/c1-16-10-3-2-8(13)6-9(10)12(15-14)11-7-17-4-5-18-11/h2-3,6,11-12,15H,4-5,7,14H2,1H3. The van der Waals surface area contributed by atoms with E-state index < -0.39 is 0 Å². The number of methoxy groups -OCH3 is 1. The SMILES string of the molecule is COc1ccc(Cl)cc1C(NN)C1CSCCS1. The first-order valence-corrected chi connectivity index (χ1v) is 8.33. The number of ether oxygens (including phenoxy) is 1. The maximum absolute atomic E-state index is 6.08. The Morgan fingerprint density at radius 2 is 2.33 bits per heavy atom. The monoisotopic (exact) mass is 304 g/mol. The Morgan fingerprint density at radius 1 is 1.50 bits per heavy atom. The molecule has 0 bridgehead atoms. The van der Waals surface area contributed by atoms with Crippen LogP contribution in [-0.4, -0.2) is 29.6 Å². The quantitative estimate of drug-likeness (QED) is 0.661. The Labute approximate surface area is 121 Å². The number of hydrogen-bond acceptors (Lipinski definition) is 5. The molecule has 2 unspecified atom stereocenters. The lowest BCUT2D eigenvalue weighted by Gasteiger charge is -2.30. The van der Waals surface area contributed by atoms with Gasteiger partial charge in [0.2, 0.25) is 0 Å². The minimum atomic E-state index is 0.0662. The van der Waals surface area contributed by atoms with E-state index >= 15 is 0 Å². The second kappa shape index (κ2) is 6.91. The molecule has 1 aromatic carbocycles. The fraction of sp³-hybridized carbons (Fsp3) is 0.500. The van der Waals surface area contributed by atoms with Crippen LogP contribution in [0.2, 0.25) is 5.02 Å². The van der Waals surface area contributed by atoms with E-state index in [1.165, 1.54) is 5.75 Å². The van der Waals surface area contributed by atoms with Gasteiger partial charge in [0.25, 0.3) is 0 Å². The van der Waals surface area contributed by atoms with Gasteiger partial charge in [-0.25, -0.2) is 0 Å². The highest BCUT2D eigenvalue weighted by atomic mass is 35.5. The van der Waals surface area contributed by atoms with Crippen LogP contribution in [0.4, 0.5) is 0 Å². The Morgan fingerprint density at radius 3 is 2.94 bits per heavy atom. The number of hydrogen-bond donors (Lipinski definition) is 2. The first-order chi connectivity index (χ1) is 8.76. The summed E-state index contributed by atoms with van der Waals surface area (Å²) in [6, 6.07) is 5.73. The molecule has 1 fully saturated rings. The van der Waals surface area contributed by atoms with Crippen molar-refractivity contribution < 1.29 is 4.74 Å². The minimum absolute atomic E-state index is 0.0662. The first kappa shape index (κ1) is 14.3. The van der Waals surface area contributed by atoms with Crippen molar-refractivity contribution in [1.82, 2.24) is 5.43 Å². The zero-order chi connectivity index (χ0) is 13.0. The average molecular weight is 305 g/mol. The molecule has 1 heterocycles. The van der Waals surface area contributed by atoms with Crippen molar-refractivity contribution in [3.63, 3.8) is 0 Å². The van der Waals surface area contributed by atoms with Crippen LogP contribution in [0.15, 0.2) is 18.2 Å². The van der Waals surface area contributed by atoms with E-state index in [4.69, 9.17) is 22.2 Å². The van der Waals surface area contributed by atoms with Crippen molar-refractivity contribution in [2.75, 3.05) is 24.4 Å². The molecule has 3 N–H and O–H groups in total.